The lowest BCUT2D eigenvalue weighted by molar-refractivity contribution is -0.308. The number of piperidine rings is 2. The molecule has 1 aliphatic carbocycles. The van der Waals surface area contributed by atoms with Crippen LogP contribution in [0.1, 0.15) is 38.5 Å². The molecule has 3 saturated heterocycles. The van der Waals surface area contributed by atoms with Crippen LogP contribution in [-0.4, -0.2) is 102 Å². The number of hydrogen-bond donors (Lipinski definition) is 1. The van der Waals surface area contributed by atoms with Gasteiger partial charge in [-0.25, -0.2) is 4.79 Å². The lowest BCUT2D eigenvalue weighted by Gasteiger charge is -2.46. The van der Waals surface area contributed by atoms with Crippen molar-refractivity contribution in [2.45, 2.75) is 63.0 Å². The molecule has 0 aromatic heterocycles. The van der Waals surface area contributed by atoms with Gasteiger partial charge in [0.25, 0.3) is 6.10 Å². The van der Waals surface area contributed by atoms with Crippen molar-refractivity contribution in [3.63, 3.8) is 0 Å². The Bertz CT molecular complexity index is 1170. The van der Waals surface area contributed by atoms with E-state index in [9.17, 15) is 60.5 Å². The Balaban J connectivity index is 1.40. The number of nitrogens with zero attached hydrogens (tertiary/aromatic N) is 3. The number of carboxylic acid groups (broad SMARTS) is 1. The van der Waals surface area contributed by atoms with E-state index >= 15 is 0 Å². The fourth-order valence-corrected chi connectivity index (χ4v) is 7.25. The maximum Gasteiger partial charge on any atom is 0.434 e. The highest BCUT2D eigenvalue weighted by Crippen LogP contribution is 3.02. The summed E-state index contributed by atoms with van der Waals surface area (Å²) >= 11 is 0. The number of carboxylic acids is 1. The van der Waals surface area contributed by atoms with Crippen molar-refractivity contribution in [1.29, 1.82) is 0 Å². The molecule has 19 heteroatoms. The van der Waals surface area contributed by atoms with Crippen LogP contribution in [0.2, 0.25) is 0 Å². The molecule has 0 radical (unpaired) electrons. The van der Waals surface area contributed by atoms with Crippen LogP contribution < -0.4 is 0 Å². The van der Waals surface area contributed by atoms with Gasteiger partial charge in [-0.2, -0.15) is 26.3 Å². The molecular weight excluding hydrogens is 647 g/mol. The molecule has 4 aliphatic rings. The van der Waals surface area contributed by atoms with Gasteiger partial charge < -0.3 is 14.7 Å². The molecule has 1 N–H and O–H groups in total. The highest BCUT2D eigenvalue weighted by Gasteiger charge is 2.67. The van der Waals surface area contributed by atoms with E-state index in [1.54, 1.807) is 9.80 Å². The fourth-order valence-electron chi connectivity index (χ4n) is 6.39. The molecule has 3 aliphatic heterocycles. The van der Waals surface area contributed by atoms with Crippen LogP contribution in [0, 0.1) is 11.3 Å². The van der Waals surface area contributed by atoms with Crippen LogP contribution in [0.3, 0.4) is 0 Å². The van der Waals surface area contributed by atoms with Gasteiger partial charge in [-0.15, -0.1) is 0 Å². The average molecular weight is 680 g/mol. The molecule has 0 bridgehead atoms. The summed E-state index contributed by atoms with van der Waals surface area (Å²) in [5, 5.41) is 9.20. The van der Waals surface area contributed by atoms with Crippen molar-refractivity contribution >= 4 is 22.3 Å². The van der Waals surface area contributed by atoms with Gasteiger partial charge in [0.1, 0.15) is 0 Å². The summed E-state index contributed by atoms with van der Waals surface area (Å²) in [6, 6.07) is -1.02. The Labute approximate surface area is 245 Å². The zero-order valence-electron chi connectivity index (χ0n) is 23.2. The lowest BCUT2D eigenvalue weighted by atomic mass is 9.78. The first-order valence-corrected chi connectivity index (χ1v) is 15.7. The molecule has 44 heavy (non-hydrogen) atoms. The molecule has 1 atom stereocenters. The van der Waals surface area contributed by atoms with Crippen molar-refractivity contribution < 1.29 is 65.2 Å². The Kier molecular flexibility index (Phi) is 8.58. The average Bonchev–Trinajstić information content (AvgIpc) is 3.26. The molecule has 1 spiro atoms. The number of likely N-dealkylation sites (tertiary alicyclic amines) is 3. The zero-order valence-corrected chi connectivity index (χ0v) is 24.0. The van der Waals surface area contributed by atoms with Crippen LogP contribution in [0.5, 0.6) is 0 Å². The number of ether oxygens (including phenoxy) is 1. The number of carbonyl (C=O) groups excluding carboxylic acids is 1. The van der Waals surface area contributed by atoms with Crippen LogP contribution in [0.15, 0.2) is 22.6 Å². The molecule has 254 valence electrons. The first kappa shape index (κ1) is 34.6. The molecule has 3 heterocycles. The van der Waals surface area contributed by atoms with Gasteiger partial charge in [-0.3, -0.25) is 14.6 Å². The summed E-state index contributed by atoms with van der Waals surface area (Å²) in [6.45, 7) is 0.303. The Morgan fingerprint density at radius 2 is 1.48 bits per heavy atom. The number of halogens is 11. The van der Waals surface area contributed by atoms with Crippen LogP contribution in [0.4, 0.5) is 50.6 Å². The van der Waals surface area contributed by atoms with Gasteiger partial charge in [0.15, 0.2) is 0 Å². The molecule has 0 aromatic rings. The zero-order chi connectivity index (χ0) is 33.0. The maximum atomic E-state index is 13.9. The van der Waals surface area contributed by atoms with Gasteiger partial charge in [0.05, 0.1) is 10.8 Å². The van der Waals surface area contributed by atoms with Gasteiger partial charge in [-0.05, 0) is 68.8 Å². The summed E-state index contributed by atoms with van der Waals surface area (Å²) in [7, 11) is -10.0. The summed E-state index contributed by atoms with van der Waals surface area (Å²) in [4.78, 5) is 25.5. The minimum Gasteiger partial charge on any atom is -0.481 e. The SMILES string of the molecule is O=C(O)C1CCN(C2C=C(CN3CCC4(CCN(C(=O)OC(C(F)(F)F)C(F)(F)F)CC4)C3)C=C(S(F)(F)(F)(F)F)C2)CC1. The van der Waals surface area contributed by atoms with E-state index in [2.05, 4.69) is 4.74 Å². The van der Waals surface area contributed by atoms with Gasteiger partial charge in [0.2, 0.25) is 0 Å². The van der Waals surface area contributed by atoms with Crippen LogP contribution in [0.25, 0.3) is 0 Å². The normalized spacial score (nSPS) is 26.3. The second-order valence-electron chi connectivity index (χ2n) is 12.0. The molecule has 0 saturated carbocycles. The van der Waals surface area contributed by atoms with Crippen LogP contribution >= 0.6 is 10.2 Å². The third-order valence-electron chi connectivity index (χ3n) is 8.83. The highest BCUT2D eigenvalue weighted by molar-refractivity contribution is 8.48. The first-order chi connectivity index (χ1) is 19.8. The van der Waals surface area contributed by atoms with E-state index in [4.69, 9.17) is 0 Å². The monoisotopic (exact) mass is 679 g/mol. The van der Waals surface area contributed by atoms with Gasteiger partial charge in [0, 0.05) is 38.6 Å². The van der Waals surface area contributed by atoms with E-state index in [-0.39, 0.29) is 70.5 Å². The van der Waals surface area contributed by atoms with Crippen molar-refractivity contribution in [1.82, 2.24) is 14.7 Å². The molecule has 1 amide bonds. The molecule has 1 unspecified atom stereocenters. The number of aliphatic carboxylic acids is 1. The smallest absolute Gasteiger partial charge is 0.434 e. The van der Waals surface area contributed by atoms with Crippen LogP contribution in [-0.2, 0) is 9.53 Å². The van der Waals surface area contributed by atoms with Crippen molar-refractivity contribution in [3.8, 4) is 0 Å². The van der Waals surface area contributed by atoms with E-state index in [1.165, 1.54) is 6.08 Å². The standard InChI is InChI=1S/C25H32F11N3O4S/c26-24(27,28)21(25(29,30)31)43-22(42)39-9-4-23(5-10-39)3-8-37(15-23)14-16-11-18(13-19(12-16)44(32,33,34,35)36)38-6-1-17(2-7-38)20(40)41/h11-12,17-18,21H,1-10,13-15H2,(H,40,41). The largest absolute Gasteiger partial charge is 0.481 e. The predicted molar refractivity (Wildman–Crippen MR) is 136 cm³/mol. The highest BCUT2D eigenvalue weighted by atomic mass is 32.5. The quantitative estimate of drug-likeness (QED) is 0.303. The van der Waals surface area contributed by atoms with Gasteiger partial charge in [-0.1, -0.05) is 25.5 Å². The van der Waals surface area contributed by atoms with E-state index < -0.39 is 69.4 Å². The minimum atomic E-state index is -10.0. The number of hydrogen-bond acceptors (Lipinski definition) is 5. The molecule has 3 fully saturated rings. The number of alkyl halides is 6. The van der Waals surface area contributed by atoms with Crippen molar-refractivity contribution in [3.05, 3.63) is 22.6 Å². The Morgan fingerprint density at radius 1 is 0.932 bits per heavy atom. The van der Waals surface area contributed by atoms with Crippen molar-refractivity contribution in [2.24, 2.45) is 11.3 Å². The van der Waals surface area contributed by atoms with Gasteiger partial charge >= 0.3 is 34.6 Å². The summed E-state index contributed by atoms with van der Waals surface area (Å²) in [5.41, 5.74) is -0.530. The number of amides is 1. The first-order valence-electron chi connectivity index (χ1n) is 13.8. The summed E-state index contributed by atoms with van der Waals surface area (Å²) < 4.78 is 150. The van der Waals surface area contributed by atoms with Crippen molar-refractivity contribution in [2.75, 3.05) is 45.8 Å². The molecule has 4 rings (SSSR count). The van der Waals surface area contributed by atoms with E-state index in [0.717, 1.165) is 4.90 Å². The maximum absolute atomic E-state index is 13.9. The minimum absolute atomic E-state index is 0.00765. The topological polar surface area (TPSA) is 73.3 Å². The van der Waals surface area contributed by atoms with E-state index in [0.29, 0.717) is 19.0 Å². The lowest BCUT2D eigenvalue weighted by Crippen LogP contribution is -2.50. The Morgan fingerprint density at radius 3 is 1.98 bits per heavy atom. The molecule has 7 nitrogen and oxygen atoms in total. The third kappa shape index (κ3) is 8.30. The second kappa shape index (κ2) is 10.9. The second-order valence-corrected chi connectivity index (χ2v) is 14.5. The molecule has 0 aromatic carbocycles. The molecular formula is C25H32F11N3O4S. The summed E-state index contributed by atoms with van der Waals surface area (Å²) in [5.74, 6) is -1.71. The third-order valence-corrected chi connectivity index (χ3v) is 10.1. The predicted octanol–water partition coefficient (Wildman–Crippen LogP) is 7.08. The van der Waals surface area contributed by atoms with E-state index in [1.807, 2.05) is 0 Å². The number of rotatable bonds is 6. The Hall–Kier alpha value is -2.28. The summed E-state index contributed by atoms with van der Waals surface area (Å²) in [6.07, 6.45) is -15.7. The number of carbonyl (C=O) groups is 2. The fraction of sp³-hybridized carbons (Fsp3) is 0.760.